The summed E-state index contributed by atoms with van der Waals surface area (Å²) in [7, 11) is 0. The molecule has 2 aromatic rings. The summed E-state index contributed by atoms with van der Waals surface area (Å²) in [6.07, 6.45) is -0.0500. The Hall–Kier alpha value is -2.00. The van der Waals surface area contributed by atoms with Crippen LogP contribution in [0.5, 0.6) is 11.5 Å². The predicted molar refractivity (Wildman–Crippen MR) is 79.0 cm³/mol. The minimum atomic E-state index is -0.0500. The van der Waals surface area contributed by atoms with E-state index in [1.54, 1.807) is 0 Å². The lowest BCUT2D eigenvalue weighted by atomic mass is 9.93. The molecular formula is C17H19NO2. The minimum absolute atomic E-state index is 0.0500. The summed E-state index contributed by atoms with van der Waals surface area (Å²) in [5, 5.41) is 0. The van der Waals surface area contributed by atoms with Crippen molar-refractivity contribution in [1.82, 2.24) is 0 Å². The first-order valence-corrected chi connectivity index (χ1v) is 6.93. The van der Waals surface area contributed by atoms with E-state index < -0.39 is 0 Å². The average molecular weight is 269 g/mol. The van der Waals surface area contributed by atoms with Gasteiger partial charge in [-0.25, -0.2) is 0 Å². The number of para-hydroxylation sites is 2. The Morgan fingerprint density at radius 3 is 2.70 bits per heavy atom. The number of ether oxygens (including phenoxy) is 2. The quantitative estimate of drug-likeness (QED) is 0.931. The zero-order valence-corrected chi connectivity index (χ0v) is 11.6. The van der Waals surface area contributed by atoms with Crippen molar-refractivity contribution >= 4 is 0 Å². The predicted octanol–water partition coefficient (Wildman–Crippen LogP) is 3.08. The molecule has 3 nitrogen and oxygen atoms in total. The minimum Gasteiger partial charge on any atom is -0.493 e. The number of nitrogens with two attached hydrogens (primary N) is 1. The van der Waals surface area contributed by atoms with Crippen molar-refractivity contribution in [3.63, 3.8) is 0 Å². The van der Waals surface area contributed by atoms with E-state index in [4.69, 9.17) is 15.2 Å². The lowest BCUT2D eigenvalue weighted by molar-refractivity contribution is 0.0737. The Kier molecular flexibility index (Phi) is 3.61. The van der Waals surface area contributed by atoms with Gasteiger partial charge in [0, 0.05) is 18.0 Å². The fraction of sp³-hybridized carbons (Fsp3) is 0.294. The normalized spacial score (nSPS) is 20.9. The second-order valence-electron chi connectivity index (χ2n) is 5.15. The van der Waals surface area contributed by atoms with Gasteiger partial charge in [0.2, 0.25) is 0 Å². The lowest BCUT2D eigenvalue weighted by Crippen LogP contribution is -2.34. The smallest absolute Gasteiger partial charge is 0.135 e. The molecule has 3 heteroatoms. The maximum absolute atomic E-state index is 6.26. The Morgan fingerprint density at radius 1 is 1.15 bits per heavy atom. The number of hydrogen-bond donors (Lipinski definition) is 1. The first kappa shape index (κ1) is 13.0. The van der Waals surface area contributed by atoms with Crippen LogP contribution in [0.1, 0.15) is 17.2 Å². The van der Waals surface area contributed by atoms with Crippen LogP contribution < -0.4 is 15.2 Å². The summed E-state index contributed by atoms with van der Waals surface area (Å²) in [5.74, 6) is 1.98. The van der Waals surface area contributed by atoms with E-state index in [1.165, 1.54) is 0 Å². The van der Waals surface area contributed by atoms with Crippen LogP contribution in [-0.2, 0) is 0 Å². The number of rotatable bonds is 3. The van der Waals surface area contributed by atoms with Gasteiger partial charge < -0.3 is 15.2 Å². The van der Waals surface area contributed by atoms with Crippen LogP contribution in [0.15, 0.2) is 48.5 Å². The molecule has 2 aromatic carbocycles. The largest absolute Gasteiger partial charge is 0.493 e. The van der Waals surface area contributed by atoms with E-state index in [0.717, 1.165) is 22.6 Å². The van der Waals surface area contributed by atoms with Gasteiger partial charge >= 0.3 is 0 Å². The number of hydrogen-bond acceptors (Lipinski definition) is 3. The van der Waals surface area contributed by atoms with Crippen LogP contribution in [-0.4, -0.2) is 13.2 Å². The first-order chi connectivity index (χ1) is 9.79. The highest BCUT2D eigenvalue weighted by Gasteiger charge is 2.31. The van der Waals surface area contributed by atoms with Crippen molar-refractivity contribution in [2.24, 2.45) is 11.7 Å². The summed E-state index contributed by atoms with van der Waals surface area (Å²) >= 11 is 0. The fourth-order valence-electron chi connectivity index (χ4n) is 2.56. The molecule has 104 valence electrons. The van der Waals surface area contributed by atoms with Gasteiger partial charge in [0.15, 0.2) is 0 Å². The third kappa shape index (κ3) is 2.37. The molecule has 0 spiro atoms. The van der Waals surface area contributed by atoms with Crippen LogP contribution in [0.3, 0.4) is 0 Å². The van der Waals surface area contributed by atoms with Crippen molar-refractivity contribution in [3.8, 4) is 11.5 Å². The van der Waals surface area contributed by atoms with Gasteiger partial charge in [-0.15, -0.1) is 0 Å². The van der Waals surface area contributed by atoms with E-state index in [1.807, 2.05) is 36.4 Å². The second kappa shape index (κ2) is 5.55. The molecule has 0 fully saturated rings. The third-order valence-corrected chi connectivity index (χ3v) is 3.76. The maximum Gasteiger partial charge on any atom is 0.135 e. The monoisotopic (exact) mass is 269 g/mol. The van der Waals surface area contributed by atoms with Gasteiger partial charge in [0.25, 0.3) is 0 Å². The number of fused-ring (bicyclic) bond motifs is 1. The van der Waals surface area contributed by atoms with E-state index in [0.29, 0.717) is 13.2 Å². The van der Waals surface area contributed by atoms with Crippen LogP contribution in [0, 0.1) is 12.8 Å². The topological polar surface area (TPSA) is 44.5 Å². The van der Waals surface area contributed by atoms with Gasteiger partial charge in [0.1, 0.15) is 17.6 Å². The van der Waals surface area contributed by atoms with Crippen LogP contribution in [0.4, 0.5) is 0 Å². The van der Waals surface area contributed by atoms with Crippen molar-refractivity contribution in [2.75, 3.05) is 13.2 Å². The summed E-state index contributed by atoms with van der Waals surface area (Å²) in [5.41, 5.74) is 8.10. The Morgan fingerprint density at radius 2 is 1.90 bits per heavy atom. The maximum atomic E-state index is 6.26. The summed E-state index contributed by atoms with van der Waals surface area (Å²) < 4.78 is 12.0. The van der Waals surface area contributed by atoms with E-state index in [9.17, 15) is 0 Å². The molecule has 2 unspecified atom stereocenters. The molecule has 0 saturated carbocycles. The van der Waals surface area contributed by atoms with Gasteiger partial charge in [-0.2, -0.15) is 0 Å². The van der Waals surface area contributed by atoms with Crippen molar-refractivity contribution in [1.29, 1.82) is 0 Å². The Labute approximate surface area is 119 Å². The molecule has 0 amide bonds. The fourth-order valence-corrected chi connectivity index (χ4v) is 2.56. The van der Waals surface area contributed by atoms with Crippen molar-refractivity contribution in [2.45, 2.75) is 13.0 Å². The lowest BCUT2D eigenvalue weighted by Gasteiger charge is -2.33. The zero-order chi connectivity index (χ0) is 13.9. The first-order valence-electron chi connectivity index (χ1n) is 6.93. The summed E-state index contributed by atoms with van der Waals surface area (Å²) in [6, 6.07) is 16.1. The molecule has 0 aromatic heterocycles. The highest BCUT2D eigenvalue weighted by atomic mass is 16.5. The molecule has 2 N–H and O–H groups in total. The highest BCUT2D eigenvalue weighted by molar-refractivity contribution is 5.39. The van der Waals surface area contributed by atoms with Gasteiger partial charge in [-0.3, -0.25) is 0 Å². The molecule has 2 atom stereocenters. The SMILES string of the molecule is Cc1ccccc1OC1c2ccccc2OCC1CN. The van der Waals surface area contributed by atoms with Gasteiger partial charge in [0.05, 0.1) is 6.61 Å². The molecule has 1 heterocycles. The highest BCUT2D eigenvalue weighted by Crippen LogP contribution is 2.38. The molecule has 1 aliphatic rings. The average Bonchev–Trinajstić information content (AvgIpc) is 2.50. The molecule has 1 aliphatic heterocycles. The third-order valence-electron chi connectivity index (χ3n) is 3.76. The molecule has 0 radical (unpaired) electrons. The molecule has 0 bridgehead atoms. The molecule has 3 rings (SSSR count). The van der Waals surface area contributed by atoms with E-state index in [-0.39, 0.29) is 12.0 Å². The molecule has 20 heavy (non-hydrogen) atoms. The van der Waals surface area contributed by atoms with Crippen LogP contribution >= 0.6 is 0 Å². The molecule has 0 aliphatic carbocycles. The van der Waals surface area contributed by atoms with Crippen molar-refractivity contribution in [3.05, 3.63) is 59.7 Å². The summed E-state index contributed by atoms with van der Waals surface area (Å²) in [6.45, 7) is 3.20. The Balaban J connectivity index is 1.95. The second-order valence-corrected chi connectivity index (χ2v) is 5.15. The van der Waals surface area contributed by atoms with E-state index in [2.05, 4.69) is 19.1 Å². The summed E-state index contributed by atoms with van der Waals surface area (Å²) in [4.78, 5) is 0. The number of benzene rings is 2. The molecule has 0 saturated heterocycles. The standard InChI is InChI=1S/C17H19NO2/c1-12-6-2-4-8-15(12)20-17-13(10-18)11-19-16-9-5-3-7-14(16)17/h2-9,13,17H,10-11,18H2,1H3. The number of aryl methyl sites for hydroxylation is 1. The van der Waals surface area contributed by atoms with Crippen molar-refractivity contribution < 1.29 is 9.47 Å². The molecular weight excluding hydrogens is 250 g/mol. The zero-order valence-electron chi connectivity index (χ0n) is 11.6. The van der Waals surface area contributed by atoms with Crippen LogP contribution in [0.25, 0.3) is 0 Å². The van der Waals surface area contributed by atoms with Gasteiger partial charge in [-0.05, 0) is 24.6 Å². The Bertz CT molecular complexity index is 597. The van der Waals surface area contributed by atoms with E-state index >= 15 is 0 Å². The van der Waals surface area contributed by atoms with Crippen LogP contribution in [0.2, 0.25) is 0 Å². The van der Waals surface area contributed by atoms with Gasteiger partial charge in [-0.1, -0.05) is 36.4 Å².